The summed E-state index contributed by atoms with van der Waals surface area (Å²) >= 11 is 0. The van der Waals surface area contributed by atoms with E-state index in [2.05, 4.69) is 43.3 Å². The predicted octanol–water partition coefficient (Wildman–Crippen LogP) is 6.24. The summed E-state index contributed by atoms with van der Waals surface area (Å²) < 4.78 is 6.17. The first-order valence-corrected chi connectivity index (χ1v) is 7.94. The molecule has 2 aromatic carbocycles. The fraction of sp³-hybridized carbons (Fsp3) is 0.190. The van der Waals surface area contributed by atoms with Gasteiger partial charge in [0.25, 0.3) is 0 Å². The highest BCUT2D eigenvalue weighted by Crippen LogP contribution is 2.28. The monoisotopic (exact) mass is 289 g/mol. The van der Waals surface area contributed by atoms with Gasteiger partial charge >= 0.3 is 11.5 Å². The van der Waals surface area contributed by atoms with Gasteiger partial charge in [-0.15, -0.1) is 0 Å². The second kappa shape index (κ2) is 7.04. The van der Waals surface area contributed by atoms with Gasteiger partial charge < -0.3 is 0 Å². The number of benzene rings is 2. The van der Waals surface area contributed by atoms with Gasteiger partial charge in [-0.1, -0.05) is 49.7 Å². The topological polar surface area (TPSA) is 11.3 Å². The Morgan fingerprint density at radius 3 is 1.68 bits per heavy atom. The molecule has 0 radical (unpaired) electrons. The van der Waals surface area contributed by atoms with E-state index < -0.39 is 0 Å². The standard InChI is InChI=1S/C21H21O/c1-2-3-10-17-15-20(18-11-6-4-7-12-18)22-21(16-17)19-13-8-5-9-14-19/h4-9,11-16H,2-3,10H2,1H3/q+1. The van der Waals surface area contributed by atoms with E-state index in [1.165, 1.54) is 18.4 Å². The molecule has 1 aromatic heterocycles. The molecular weight excluding hydrogens is 268 g/mol. The number of unbranched alkanes of at least 4 members (excludes halogenated alkanes) is 1. The summed E-state index contributed by atoms with van der Waals surface area (Å²) in [6, 6.07) is 25.0. The first kappa shape index (κ1) is 14.5. The van der Waals surface area contributed by atoms with Crippen LogP contribution in [0.5, 0.6) is 0 Å². The molecule has 0 N–H and O–H groups in total. The van der Waals surface area contributed by atoms with Gasteiger partial charge in [0.15, 0.2) is 0 Å². The van der Waals surface area contributed by atoms with Crippen LogP contribution in [-0.2, 0) is 6.42 Å². The maximum Gasteiger partial charge on any atom is 0.361 e. The lowest BCUT2D eigenvalue weighted by Crippen LogP contribution is -1.89. The first-order valence-electron chi connectivity index (χ1n) is 7.94. The Bertz CT molecular complexity index is 660. The van der Waals surface area contributed by atoms with Gasteiger partial charge in [-0.2, -0.15) is 0 Å². The third-order valence-electron chi connectivity index (χ3n) is 3.79. The zero-order chi connectivity index (χ0) is 15.2. The van der Waals surface area contributed by atoms with Crippen molar-refractivity contribution in [3.05, 3.63) is 78.4 Å². The zero-order valence-corrected chi connectivity index (χ0v) is 13.0. The minimum atomic E-state index is 0.938. The molecule has 0 aliphatic carbocycles. The van der Waals surface area contributed by atoms with Crippen LogP contribution in [-0.4, -0.2) is 0 Å². The van der Waals surface area contributed by atoms with Gasteiger partial charge in [0.05, 0.1) is 11.1 Å². The summed E-state index contributed by atoms with van der Waals surface area (Å²) in [5, 5.41) is 0. The van der Waals surface area contributed by atoms with E-state index in [1.54, 1.807) is 0 Å². The Hall–Kier alpha value is -2.41. The van der Waals surface area contributed by atoms with Crippen LogP contribution in [0, 0.1) is 0 Å². The molecular formula is C21H21O+. The largest absolute Gasteiger partial charge is 0.361 e. The van der Waals surface area contributed by atoms with Crippen molar-refractivity contribution in [3.8, 4) is 22.6 Å². The molecule has 0 atom stereocenters. The van der Waals surface area contributed by atoms with Crippen molar-refractivity contribution >= 4 is 0 Å². The van der Waals surface area contributed by atoms with Gasteiger partial charge in [-0.3, -0.25) is 0 Å². The molecule has 0 fully saturated rings. The Labute approximate surface area is 132 Å². The summed E-state index contributed by atoms with van der Waals surface area (Å²) in [5.74, 6) is 1.88. The summed E-state index contributed by atoms with van der Waals surface area (Å²) in [6.45, 7) is 2.23. The lowest BCUT2D eigenvalue weighted by atomic mass is 10.0. The highest BCUT2D eigenvalue weighted by atomic mass is 16.3. The molecule has 0 aliphatic heterocycles. The molecule has 0 spiro atoms. The van der Waals surface area contributed by atoms with Crippen molar-refractivity contribution in [2.24, 2.45) is 0 Å². The molecule has 0 amide bonds. The molecule has 3 aromatic rings. The number of hydrogen-bond donors (Lipinski definition) is 0. The minimum absolute atomic E-state index is 0.938. The SMILES string of the molecule is CCCCc1cc(-c2ccccc2)[o+]c(-c2ccccc2)c1. The average molecular weight is 289 g/mol. The van der Waals surface area contributed by atoms with E-state index in [0.717, 1.165) is 29.1 Å². The summed E-state index contributed by atoms with van der Waals surface area (Å²) in [7, 11) is 0. The van der Waals surface area contributed by atoms with Gasteiger partial charge in [0.1, 0.15) is 0 Å². The van der Waals surface area contributed by atoms with Crippen LogP contribution in [0.3, 0.4) is 0 Å². The molecule has 0 bridgehead atoms. The van der Waals surface area contributed by atoms with E-state index >= 15 is 0 Å². The molecule has 1 heterocycles. The van der Waals surface area contributed by atoms with E-state index in [4.69, 9.17) is 4.42 Å². The Morgan fingerprint density at radius 1 is 0.727 bits per heavy atom. The van der Waals surface area contributed by atoms with Crippen molar-refractivity contribution in [3.63, 3.8) is 0 Å². The molecule has 0 unspecified atom stereocenters. The van der Waals surface area contributed by atoms with Crippen LogP contribution in [0.15, 0.2) is 77.2 Å². The fourth-order valence-electron chi connectivity index (χ4n) is 2.57. The minimum Gasteiger partial charge on any atom is -0.207 e. The number of hydrogen-bond acceptors (Lipinski definition) is 0. The fourth-order valence-corrected chi connectivity index (χ4v) is 2.57. The molecule has 1 nitrogen and oxygen atoms in total. The summed E-state index contributed by atoms with van der Waals surface area (Å²) in [5.41, 5.74) is 3.59. The summed E-state index contributed by atoms with van der Waals surface area (Å²) in [6.07, 6.45) is 3.49. The Balaban J connectivity index is 2.06. The van der Waals surface area contributed by atoms with Crippen LogP contribution < -0.4 is 0 Å². The second-order valence-corrected chi connectivity index (χ2v) is 5.53. The van der Waals surface area contributed by atoms with Crippen LogP contribution in [0.1, 0.15) is 25.3 Å². The van der Waals surface area contributed by atoms with E-state index in [1.807, 2.05) is 36.4 Å². The van der Waals surface area contributed by atoms with E-state index in [0.29, 0.717) is 0 Å². The first-order chi connectivity index (χ1) is 10.9. The molecule has 0 aliphatic rings. The maximum atomic E-state index is 6.17. The van der Waals surface area contributed by atoms with Gasteiger partial charge in [0.2, 0.25) is 0 Å². The van der Waals surface area contributed by atoms with Crippen molar-refractivity contribution < 1.29 is 4.42 Å². The molecule has 0 saturated heterocycles. The average Bonchev–Trinajstić information content (AvgIpc) is 2.61. The molecule has 3 rings (SSSR count). The van der Waals surface area contributed by atoms with Crippen molar-refractivity contribution in [1.29, 1.82) is 0 Å². The smallest absolute Gasteiger partial charge is 0.207 e. The highest BCUT2D eigenvalue weighted by Gasteiger charge is 2.19. The van der Waals surface area contributed by atoms with Gasteiger partial charge in [0, 0.05) is 12.1 Å². The second-order valence-electron chi connectivity index (χ2n) is 5.53. The third-order valence-corrected chi connectivity index (χ3v) is 3.79. The van der Waals surface area contributed by atoms with Gasteiger partial charge in [-0.05, 0) is 42.7 Å². The van der Waals surface area contributed by atoms with Gasteiger partial charge in [-0.25, -0.2) is 4.42 Å². The van der Waals surface area contributed by atoms with Crippen LogP contribution in [0.2, 0.25) is 0 Å². The number of rotatable bonds is 5. The quantitative estimate of drug-likeness (QED) is 0.506. The Morgan fingerprint density at radius 2 is 1.23 bits per heavy atom. The normalized spacial score (nSPS) is 10.6. The zero-order valence-electron chi connectivity index (χ0n) is 13.0. The molecule has 22 heavy (non-hydrogen) atoms. The summed E-state index contributed by atoms with van der Waals surface area (Å²) in [4.78, 5) is 0. The Kier molecular flexibility index (Phi) is 4.65. The molecule has 0 saturated carbocycles. The van der Waals surface area contributed by atoms with E-state index in [-0.39, 0.29) is 0 Å². The third kappa shape index (κ3) is 3.43. The molecule has 1 heteroatoms. The van der Waals surface area contributed by atoms with Crippen molar-refractivity contribution in [2.75, 3.05) is 0 Å². The van der Waals surface area contributed by atoms with E-state index in [9.17, 15) is 0 Å². The predicted molar refractivity (Wildman–Crippen MR) is 92.6 cm³/mol. The lowest BCUT2D eigenvalue weighted by Gasteiger charge is -2.01. The molecule has 110 valence electrons. The lowest BCUT2D eigenvalue weighted by molar-refractivity contribution is 0.578. The van der Waals surface area contributed by atoms with Crippen molar-refractivity contribution in [2.45, 2.75) is 26.2 Å². The maximum absolute atomic E-state index is 6.17. The van der Waals surface area contributed by atoms with Crippen LogP contribution >= 0.6 is 0 Å². The van der Waals surface area contributed by atoms with Crippen LogP contribution in [0.25, 0.3) is 22.6 Å². The highest BCUT2D eigenvalue weighted by molar-refractivity contribution is 5.64. The van der Waals surface area contributed by atoms with Crippen molar-refractivity contribution in [1.82, 2.24) is 0 Å². The van der Waals surface area contributed by atoms with Crippen LogP contribution in [0.4, 0.5) is 0 Å². The number of aryl methyl sites for hydroxylation is 1.